The van der Waals surface area contributed by atoms with Gasteiger partial charge in [-0.05, 0) is 54.8 Å². The van der Waals surface area contributed by atoms with E-state index in [1.807, 2.05) is 18.2 Å². The first-order chi connectivity index (χ1) is 9.61. The van der Waals surface area contributed by atoms with Crippen molar-refractivity contribution in [2.24, 2.45) is 0 Å². The van der Waals surface area contributed by atoms with Crippen molar-refractivity contribution in [1.29, 1.82) is 0 Å². The summed E-state index contributed by atoms with van der Waals surface area (Å²) in [6, 6.07) is 14.3. The number of aryl methyl sites for hydroxylation is 1. The third kappa shape index (κ3) is 3.76. The smallest absolute Gasteiger partial charge is 0.0454 e. The number of likely N-dealkylation sites (N-methyl/N-ethyl adjacent to an activating group) is 1. The molecule has 0 radical (unpaired) electrons. The molecule has 0 spiro atoms. The highest BCUT2D eigenvalue weighted by Gasteiger charge is 2.15. The molecule has 2 rings (SSSR count). The van der Waals surface area contributed by atoms with E-state index in [2.05, 4.69) is 43.4 Å². The van der Waals surface area contributed by atoms with E-state index in [1.54, 1.807) is 0 Å². The van der Waals surface area contributed by atoms with Gasteiger partial charge in [-0.15, -0.1) is 0 Å². The molecule has 0 aliphatic rings. The van der Waals surface area contributed by atoms with Crippen molar-refractivity contribution in [2.75, 3.05) is 6.54 Å². The molecule has 20 heavy (non-hydrogen) atoms. The molecule has 1 atom stereocenters. The minimum absolute atomic E-state index is 0.173. The molecule has 2 aromatic carbocycles. The van der Waals surface area contributed by atoms with Gasteiger partial charge in [0.2, 0.25) is 0 Å². The maximum Gasteiger partial charge on any atom is 0.0454 e. The van der Waals surface area contributed by atoms with Crippen LogP contribution < -0.4 is 5.32 Å². The summed E-state index contributed by atoms with van der Waals surface area (Å²) in [6.07, 6.45) is 0.903. The largest absolute Gasteiger partial charge is 0.310 e. The number of rotatable bonds is 5. The molecule has 2 aromatic rings. The fourth-order valence-corrected chi connectivity index (χ4v) is 2.81. The molecule has 3 heteroatoms. The third-order valence-electron chi connectivity index (χ3n) is 3.47. The Bertz CT molecular complexity index is 581. The van der Waals surface area contributed by atoms with Gasteiger partial charge in [0.05, 0.1) is 0 Å². The Hall–Kier alpha value is -1.02. The van der Waals surface area contributed by atoms with Crippen molar-refractivity contribution in [2.45, 2.75) is 26.3 Å². The fraction of sp³-hybridized carbons (Fsp3) is 0.294. The summed E-state index contributed by atoms with van der Waals surface area (Å²) in [4.78, 5) is 0. The maximum absolute atomic E-state index is 6.33. The Morgan fingerprint density at radius 2 is 1.85 bits per heavy atom. The summed E-state index contributed by atoms with van der Waals surface area (Å²) < 4.78 is 0. The zero-order valence-electron chi connectivity index (χ0n) is 11.8. The topological polar surface area (TPSA) is 12.0 Å². The van der Waals surface area contributed by atoms with Crippen LogP contribution >= 0.6 is 23.2 Å². The summed E-state index contributed by atoms with van der Waals surface area (Å²) in [6.45, 7) is 5.13. The van der Waals surface area contributed by atoms with Crippen molar-refractivity contribution in [3.8, 4) is 0 Å². The lowest BCUT2D eigenvalue weighted by Gasteiger charge is -2.21. The first-order valence-electron chi connectivity index (χ1n) is 6.84. The van der Waals surface area contributed by atoms with Crippen LogP contribution in [0, 0.1) is 6.92 Å². The van der Waals surface area contributed by atoms with Crippen LogP contribution in [0.4, 0.5) is 0 Å². The van der Waals surface area contributed by atoms with E-state index in [1.165, 1.54) is 11.1 Å². The predicted octanol–water partition coefficient (Wildman–Crippen LogP) is 5.20. The second-order valence-corrected chi connectivity index (χ2v) is 5.75. The van der Waals surface area contributed by atoms with Gasteiger partial charge in [-0.3, -0.25) is 0 Å². The van der Waals surface area contributed by atoms with Crippen LogP contribution in [-0.2, 0) is 6.42 Å². The molecule has 0 amide bonds. The quantitative estimate of drug-likeness (QED) is 0.801. The first-order valence-corrected chi connectivity index (χ1v) is 7.60. The molecule has 0 fully saturated rings. The van der Waals surface area contributed by atoms with E-state index < -0.39 is 0 Å². The lowest BCUT2D eigenvalue weighted by Crippen LogP contribution is -2.23. The highest BCUT2D eigenvalue weighted by Crippen LogP contribution is 2.29. The molecule has 0 heterocycles. The van der Waals surface area contributed by atoms with Crippen molar-refractivity contribution >= 4 is 23.2 Å². The molecule has 0 aromatic heterocycles. The van der Waals surface area contributed by atoms with Gasteiger partial charge in [0.15, 0.2) is 0 Å². The summed E-state index contributed by atoms with van der Waals surface area (Å²) in [5, 5.41) is 4.98. The van der Waals surface area contributed by atoms with E-state index in [4.69, 9.17) is 23.2 Å². The third-order valence-corrected chi connectivity index (χ3v) is 4.05. The van der Waals surface area contributed by atoms with E-state index in [0.717, 1.165) is 28.6 Å². The van der Waals surface area contributed by atoms with Crippen molar-refractivity contribution < 1.29 is 0 Å². The van der Waals surface area contributed by atoms with Gasteiger partial charge in [-0.1, -0.05) is 54.4 Å². The molecule has 106 valence electrons. The van der Waals surface area contributed by atoms with Gasteiger partial charge < -0.3 is 5.32 Å². The van der Waals surface area contributed by atoms with E-state index in [9.17, 15) is 0 Å². The fourth-order valence-electron chi connectivity index (χ4n) is 2.38. The maximum atomic E-state index is 6.33. The van der Waals surface area contributed by atoms with Gasteiger partial charge in [-0.2, -0.15) is 0 Å². The second-order valence-electron chi connectivity index (χ2n) is 4.91. The minimum Gasteiger partial charge on any atom is -0.310 e. The number of nitrogens with one attached hydrogen (secondary N) is 1. The summed E-state index contributed by atoms with van der Waals surface area (Å²) in [5.74, 6) is 0. The molecule has 0 aliphatic carbocycles. The van der Waals surface area contributed by atoms with Crippen molar-refractivity contribution in [1.82, 2.24) is 5.32 Å². The average Bonchev–Trinajstić information content (AvgIpc) is 2.43. The Morgan fingerprint density at radius 1 is 1.10 bits per heavy atom. The van der Waals surface area contributed by atoms with Gasteiger partial charge in [0.25, 0.3) is 0 Å². The van der Waals surface area contributed by atoms with Gasteiger partial charge in [0.1, 0.15) is 0 Å². The number of hydrogen-bond donors (Lipinski definition) is 1. The SMILES string of the molecule is CCNC(Cc1ccccc1C)c1cc(Cl)ccc1Cl. The molecule has 0 aliphatic heterocycles. The Labute approximate surface area is 130 Å². The standard InChI is InChI=1S/C17H19Cl2N/c1-3-20-17(10-13-7-5-4-6-12(13)2)15-11-14(18)8-9-16(15)19/h4-9,11,17,20H,3,10H2,1-2H3. The minimum atomic E-state index is 0.173. The van der Waals surface area contributed by atoms with Gasteiger partial charge >= 0.3 is 0 Å². The second kappa shape index (κ2) is 7.12. The zero-order chi connectivity index (χ0) is 14.5. The summed E-state index contributed by atoms with van der Waals surface area (Å²) >= 11 is 12.4. The number of benzene rings is 2. The highest BCUT2D eigenvalue weighted by atomic mass is 35.5. The van der Waals surface area contributed by atoms with Crippen LogP contribution in [0.15, 0.2) is 42.5 Å². The molecular weight excluding hydrogens is 289 g/mol. The first kappa shape index (κ1) is 15.4. The summed E-state index contributed by atoms with van der Waals surface area (Å²) in [5.41, 5.74) is 3.69. The van der Waals surface area contributed by atoms with Crippen LogP contribution in [0.5, 0.6) is 0 Å². The van der Waals surface area contributed by atoms with Crippen LogP contribution in [0.2, 0.25) is 10.0 Å². The number of hydrogen-bond acceptors (Lipinski definition) is 1. The van der Waals surface area contributed by atoms with Crippen molar-refractivity contribution in [3.63, 3.8) is 0 Å². The molecule has 1 unspecified atom stereocenters. The Morgan fingerprint density at radius 3 is 2.55 bits per heavy atom. The Kier molecular flexibility index (Phi) is 5.47. The van der Waals surface area contributed by atoms with Crippen LogP contribution in [0.1, 0.15) is 29.7 Å². The lowest BCUT2D eigenvalue weighted by molar-refractivity contribution is 0.549. The monoisotopic (exact) mass is 307 g/mol. The highest BCUT2D eigenvalue weighted by molar-refractivity contribution is 6.33. The van der Waals surface area contributed by atoms with Gasteiger partial charge in [0, 0.05) is 16.1 Å². The predicted molar refractivity (Wildman–Crippen MR) is 87.8 cm³/mol. The lowest BCUT2D eigenvalue weighted by atomic mass is 9.96. The molecule has 1 nitrogen and oxygen atoms in total. The van der Waals surface area contributed by atoms with Crippen LogP contribution in [0.25, 0.3) is 0 Å². The van der Waals surface area contributed by atoms with Crippen molar-refractivity contribution in [3.05, 3.63) is 69.2 Å². The molecule has 0 saturated carbocycles. The average molecular weight is 308 g/mol. The number of halogens is 2. The molecular formula is C17H19Cl2N. The molecule has 0 bridgehead atoms. The van der Waals surface area contributed by atoms with E-state index >= 15 is 0 Å². The Balaban J connectivity index is 2.32. The van der Waals surface area contributed by atoms with Gasteiger partial charge in [-0.25, -0.2) is 0 Å². The van der Waals surface area contributed by atoms with E-state index in [-0.39, 0.29) is 6.04 Å². The zero-order valence-corrected chi connectivity index (χ0v) is 13.3. The molecule has 1 N–H and O–H groups in total. The van der Waals surface area contributed by atoms with Crippen LogP contribution in [-0.4, -0.2) is 6.54 Å². The molecule has 0 saturated heterocycles. The van der Waals surface area contributed by atoms with E-state index in [0.29, 0.717) is 0 Å². The normalized spacial score (nSPS) is 12.4. The van der Waals surface area contributed by atoms with Crippen LogP contribution in [0.3, 0.4) is 0 Å². The summed E-state index contributed by atoms with van der Waals surface area (Å²) in [7, 11) is 0.